The van der Waals surface area contributed by atoms with E-state index in [1.807, 2.05) is 0 Å². The van der Waals surface area contributed by atoms with Crippen molar-refractivity contribution in [3.8, 4) is 0 Å². The molecule has 0 aliphatic rings. The summed E-state index contributed by atoms with van der Waals surface area (Å²) >= 11 is 0. The number of unbranched alkanes of at least 4 members (excludes halogenated alkanes) is 5. The number of hydrogen-bond acceptors (Lipinski definition) is 3. The summed E-state index contributed by atoms with van der Waals surface area (Å²) in [7, 11) is -1.37. The third kappa shape index (κ3) is 8.57. The molecule has 0 heterocycles. The summed E-state index contributed by atoms with van der Waals surface area (Å²) in [5, 5.41) is 2.51. The highest BCUT2D eigenvalue weighted by Gasteiger charge is 2.18. The van der Waals surface area contributed by atoms with E-state index >= 15 is 0 Å². The first-order valence-electron chi connectivity index (χ1n) is 6.67. The van der Waals surface area contributed by atoms with E-state index in [4.69, 9.17) is 0 Å². The minimum atomic E-state index is -3.13. The van der Waals surface area contributed by atoms with Gasteiger partial charge in [0.2, 0.25) is 10.0 Å². The molecule has 0 bridgehead atoms. The highest BCUT2D eigenvalue weighted by molar-refractivity contribution is 7.90. The standard InChI is InChI=1S/C12H28N2O2S/c1-4-5-6-7-8-9-10-14-17(15,16)12(2)11-13-3/h12-14H,4-11H2,1-3H3. The molecule has 0 aromatic carbocycles. The molecule has 0 aliphatic carbocycles. The Bertz CT molecular complexity index is 266. The van der Waals surface area contributed by atoms with Gasteiger partial charge in [0.05, 0.1) is 5.25 Å². The lowest BCUT2D eigenvalue weighted by Crippen LogP contribution is -2.38. The van der Waals surface area contributed by atoms with Gasteiger partial charge in [-0.1, -0.05) is 39.0 Å². The second-order valence-corrected chi connectivity index (χ2v) is 6.76. The zero-order valence-corrected chi connectivity index (χ0v) is 12.3. The largest absolute Gasteiger partial charge is 0.318 e. The first-order chi connectivity index (χ1) is 8.04. The molecule has 17 heavy (non-hydrogen) atoms. The van der Waals surface area contributed by atoms with E-state index in [1.165, 1.54) is 25.7 Å². The van der Waals surface area contributed by atoms with Crippen LogP contribution in [0, 0.1) is 0 Å². The Hall–Kier alpha value is -0.130. The summed E-state index contributed by atoms with van der Waals surface area (Å²) in [6.45, 7) is 4.98. The molecule has 104 valence electrons. The quantitative estimate of drug-likeness (QED) is 0.560. The summed E-state index contributed by atoms with van der Waals surface area (Å²) in [6, 6.07) is 0. The minimum Gasteiger partial charge on any atom is -0.318 e. The van der Waals surface area contributed by atoms with Crippen LogP contribution < -0.4 is 10.0 Å². The molecule has 0 spiro atoms. The summed E-state index contributed by atoms with van der Waals surface area (Å²) in [6.07, 6.45) is 7.05. The van der Waals surface area contributed by atoms with E-state index in [0.717, 1.165) is 12.8 Å². The average Bonchev–Trinajstić information content (AvgIpc) is 2.28. The summed E-state index contributed by atoms with van der Waals surface area (Å²) in [5.41, 5.74) is 0. The molecule has 0 saturated carbocycles. The third-order valence-electron chi connectivity index (χ3n) is 2.85. The maximum atomic E-state index is 11.7. The van der Waals surface area contributed by atoms with Crippen LogP contribution in [-0.2, 0) is 10.0 Å². The van der Waals surface area contributed by atoms with Crippen molar-refractivity contribution in [2.24, 2.45) is 0 Å². The molecule has 0 fully saturated rings. The number of nitrogens with one attached hydrogen (secondary N) is 2. The van der Waals surface area contributed by atoms with Crippen molar-refractivity contribution in [2.45, 2.75) is 57.6 Å². The van der Waals surface area contributed by atoms with Crippen molar-refractivity contribution >= 4 is 10.0 Å². The van der Waals surface area contributed by atoms with Gasteiger partial charge in [0.25, 0.3) is 0 Å². The summed E-state index contributed by atoms with van der Waals surface area (Å²) < 4.78 is 26.1. The first-order valence-corrected chi connectivity index (χ1v) is 8.22. The Morgan fingerprint density at radius 3 is 2.24 bits per heavy atom. The Balaban J connectivity index is 3.59. The monoisotopic (exact) mass is 264 g/mol. The fraction of sp³-hybridized carbons (Fsp3) is 1.00. The highest BCUT2D eigenvalue weighted by Crippen LogP contribution is 2.05. The van der Waals surface area contributed by atoms with Gasteiger partial charge in [-0.05, 0) is 20.4 Å². The van der Waals surface area contributed by atoms with E-state index in [9.17, 15) is 8.42 Å². The average molecular weight is 264 g/mol. The van der Waals surface area contributed by atoms with Crippen LogP contribution in [-0.4, -0.2) is 33.8 Å². The van der Waals surface area contributed by atoms with Gasteiger partial charge in [-0.3, -0.25) is 0 Å². The Labute approximate surface area is 107 Å². The predicted octanol–water partition coefficient (Wildman–Crippen LogP) is 1.87. The van der Waals surface area contributed by atoms with E-state index in [2.05, 4.69) is 17.0 Å². The smallest absolute Gasteiger partial charge is 0.215 e. The van der Waals surface area contributed by atoms with Crippen LogP contribution in [0.5, 0.6) is 0 Å². The van der Waals surface area contributed by atoms with Crippen molar-refractivity contribution in [1.82, 2.24) is 10.0 Å². The third-order valence-corrected chi connectivity index (χ3v) is 4.69. The molecular weight excluding hydrogens is 236 g/mol. The SMILES string of the molecule is CCCCCCCCNS(=O)(=O)C(C)CNC. The lowest BCUT2D eigenvalue weighted by molar-refractivity contribution is 0.553. The molecular formula is C12H28N2O2S. The van der Waals surface area contributed by atoms with Gasteiger partial charge in [0.15, 0.2) is 0 Å². The van der Waals surface area contributed by atoms with E-state index < -0.39 is 10.0 Å². The lowest BCUT2D eigenvalue weighted by atomic mass is 10.1. The highest BCUT2D eigenvalue weighted by atomic mass is 32.2. The summed E-state index contributed by atoms with van der Waals surface area (Å²) in [4.78, 5) is 0. The fourth-order valence-electron chi connectivity index (χ4n) is 1.66. The normalized spacial score (nSPS) is 13.8. The van der Waals surface area contributed by atoms with E-state index in [-0.39, 0.29) is 5.25 Å². The number of rotatable bonds is 11. The molecule has 1 atom stereocenters. The molecule has 0 rings (SSSR count). The predicted molar refractivity (Wildman–Crippen MR) is 73.7 cm³/mol. The Morgan fingerprint density at radius 2 is 1.65 bits per heavy atom. The van der Waals surface area contributed by atoms with Crippen molar-refractivity contribution in [3.63, 3.8) is 0 Å². The van der Waals surface area contributed by atoms with Gasteiger partial charge in [0, 0.05) is 13.1 Å². The summed E-state index contributed by atoms with van der Waals surface area (Å²) in [5.74, 6) is 0. The van der Waals surface area contributed by atoms with Crippen molar-refractivity contribution in [2.75, 3.05) is 20.1 Å². The Morgan fingerprint density at radius 1 is 1.06 bits per heavy atom. The van der Waals surface area contributed by atoms with Crippen LogP contribution in [0.4, 0.5) is 0 Å². The maximum absolute atomic E-state index is 11.7. The minimum absolute atomic E-state index is 0.368. The van der Waals surface area contributed by atoms with Gasteiger partial charge < -0.3 is 5.32 Å². The van der Waals surface area contributed by atoms with Crippen LogP contribution in [0.15, 0.2) is 0 Å². The molecule has 0 radical (unpaired) electrons. The van der Waals surface area contributed by atoms with Crippen LogP contribution in [0.1, 0.15) is 52.4 Å². The molecule has 0 aliphatic heterocycles. The van der Waals surface area contributed by atoms with Crippen LogP contribution >= 0.6 is 0 Å². The number of hydrogen-bond donors (Lipinski definition) is 2. The van der Waals surface area contributed by atoms with Gasteiger partial charge in [0.1, 0.15) is 0 Å². The van der Waals surface area contributed by atoms with Gasteiger partial charge >= 0.3 is 0 Å². The van der Waals surface area contributed by atoms with E-state index in [0.29, 0.717) is 13.1 Å². The molecule has 1 unspecified atom stereocenters. The Kier molecular flexibility index (Phi) is 9.78. The van der Waals surface area contributed by atoms with Gasteiger partial charge in [-0.25, -0.2) is 13.1 Å². The second-order valence-electron chi connectivity index (χ2n) is 4.58. The van der Waals surface area contributed by atoms with Crippen molar-refractivity contribution in [1.29, 1.82) is 0 Å². The van der Waals surface area contributed by atoms with Gasteiger partial charge in [-0.15, -0.1) is 0 Å². The molecule has 0 saturated heterocycles. The molecule has 0 amide bonds. The topological polar surface area (TPSA) is 58.2 Å². The molecule has 0 aromatic rings. The fourth-order valence-corrected chi connectivity index (χ4v) is 2.76. The maximum Gasteiger partial charge on any atom is 0.215 e. The second kappa shape index (κ2) is 9.85. The van der Waals surface area contributed by atoms with Crippen LogP contribution in [0.3, 0.4) is 0 Å². The van der Waals surface area contributed by atoms with Crippen molar-refractivity contribution < 1.29 is 8.42 Å². The molecule has 4 nitrogen and oxygen atoms in total. The zero-order valence-electron chi connectivity index (χ0n) is 11.5. The van der Waals surface area contributed by atoms with E-state index in [1.54, 1.807) is 14.0 Å². The van der Waals surface area contributed by atoms with Crippen LogP contribution in [0.25, 0.3) is 0 Å². The molecule has 5 heteroatoms. The zero-order chi connectivity index (χ0) is 13.1. The van der Waals surface area contributed by atoms with Gasteiger partial charge in [-0.2, -0.15) is 0 Å². The van der Waals surface area contributed by atoms with Crippen molar-refractivity contribution in [3.05, 3.63) is 0 Å². The molecule has 0 aromatic heterocycles. The molecule has 2 N–H and O–H groups in total. The first kappa shape index (κ1) is 16.9. The number of sulfonamides is 1. The lowest BCUT2D eigenvalue weighted by Gasteiger charge is -2.13. The van der Waals surface area contributed by atoms with Crippen LogP contribution in [0.2, 0.25) is 0 Å².